The molecule has 1 unspecified atom stereocenters. The molecule has 0 saturated carbocycles. The first-order valence-corrected chi connectivity index (χ1v) is 8.62. The molecule has 22 heavy (non-hydrogen) atoms. The molecule has 4 nitrogen and oxygen atoms in total. The molecule has 2 aromatic rings. The minimum Gasteiger partial charge on any atom is -0.497 e. The van der Waals surface area contributed by atoms with Crippen molar-refractivity contribution in [1.29, 1.82) is 0 Å². The molecule has 0 spiro atoms. The van der Waals surface area contributed by atoms with Crippen molar-refractivity contribution in [2.75, 3.05) is 30.9 Å². The van der Waals surface area contributed by atoms with E-state index in [2.05, 4.69) is 28.9 Å². The minimum atomic E-state index is 0.551. The van der Waals surface area contributed by atoms with Gasteiger partial charge in [0.05, 0.1) is 19.5 Å². The second-order valence-electron chi connectivity index (χ2n) is 5.35. The van der Waals surface area contributed by atoms with Crippen molar-refractivity contribution >= 4 is 17.6 Å². The second-order valence-corrected chi connectivity index (χ2v) is 6.64. The van der Waals surface area contributed by atoms with E-state index in [-0.39, 0.29) is 0 Å². The lowest BCUT2D eigenvalue weighted by molar-refractivity contribution is 0.414. The third-order valence-corrected chi connectivity index (χ3v) is 4.77. The molecule has 1 aromatic carbocycles. The summed E-state index contributed by atoms with van der Waals surface area (Å²) in [5.74, 6) is 3.48. The quantitative estimate of drug-likeness (QED) is 0.788. The molecule has 5 heteroatoms. The van der Waals surface area contributed by atoms with Crippen LogP contribution in [0.1, 0.15) is 24.8 Å². The first kappa shape index (κ1) is 15.2. The fourth-order valence-electron chi connectivity index (χ4n) is 2.82. The van der Waals surface area contributed by atoms with Crippen LogP contribution in [0.3, 0.4) is 0 Å². The molecule has 0 radical (unpaired) electrons. The molecule has 0 amide bonds. The Balaban J connectivity index is 1.69. The summed E-state index contributed by atoms with van der Waals surface area (Å²) >= 11 is 1.74. The number of thioether (sulfide) groups is 1. The van der Waals surface area contributed by atoms with Gasteiger partial charge in [-0.1, -0.05) is 19.1 Å². The van der Waals surface area contributed by atoms with Gasteiger partial charge in [0.25, 0.3) is 0 Å². The number of ether oxygens (including phenoxy) is 1. The third-order valence-electron chi connectivity index (χ3n) is 3.99. The Morgan fingerprint density at radius 3 is 2.82 bits per heavy atom. The van der Waals surface area contributed by atoms with E-state index < -0.39 is 0 Å². The zero-order valence-corrected chi connectivity index (χ0v) is 13.8. The van der Waals surface area contributed by atoms with Crippen LogP contribution in [-0.2, 0) is 0 Å². The lowest BCUT2D eigenvalue weighted by Crippen LogP contribution is -2.20. The molecular weight excluding hydrogens is 294 g/mol. The SMILES string of the molecule is CCSc1cncc(N2CCC(c3ccc(OC)cc3)C2)n1. The maximum atomic E-state index is 5.23. The van der Waals surface area contributed by atoms with Crippen LogP contribution in [0.5, 0.6) is 5.75 Å². The summed E-state index contributed by atoms with van der Waals surface area (Å²) in [4.78, 5) is 11.4. The molecule has 1 saturated heterocycles. The van der Waals surface area contributed by atoms with Gasteiger partial charge in [0.2, 0.25) is 0 Å². The fraction of sp³-hybridized carbons (Fsp3) is 0.412. The monoisotopic (exact) mass is 315 g/mol. The molecule has 0 aliphatic carbocycles. The predicted octanol–water partition coefficient (Wildman–Crippen LogP) is 3.59. The summed E-state index contributed by atoms with van der Waals surface area (Å²) in [5, 5.41) is 1.01. The summed E-state index contributed by atoms with van der Waals surface area (Å²) in [6.45, 7) is 4.17. The van der Waals surface area contributed by atoms with Crippen LogP contribution in [0.15, 0.2) is 41.7 Å². The van der Waals surface area contributed by atoms with Gasteiger partial charge in [0.15, 0.2) is 0 Å². The Labute approximate surface area is 135 Å². The first-order valence-electron chi connectivity index (χ1n) is 7.64. The number of methoxy groups -OCH3 is 1. The van der Waals surface area contributed by atoms with Gasteiger partial charge in [0, 0.05) is 19.0 Å². The average Bonchev–Trinajstić information content (AvgIpc) is 3.06. The van der Waals surface area contributed by atoms with Crippen molar-refractivity contribution in [2.45, 2.75) is 24.3 Å². The van der Waals surface area contributed by atoms with Crippen LogP contribution in [0.25, 0.3) is 0 Å². The van der Waals surface area contributed by atoms with E-state index in [1.807, 2.05) is 24.5 Å². The van der Waals surface area contributed by atoms with Crippen LogP contribution in [0.4, 0.5) is 5.82 Å². The van der Waals surface area contributed by atoms with Gasteiger partial charge in [-0.05, 0) is 29.9 Å². The van der Waals surface area contributed by atoms with Crippen LogP contribution in [0.2, 0.25) is 0 Å². The van der Waals surface area contributed by atoms with Gasteiger partial charge in [0.1, 0.15) is 16.6 Å². The van der Waals surface area contributed by atoms with E-state index in [0.717, 1.165) is 41.9 Å². The standard InChI is InChI=1S/C17H21N3OS/c1-3-22-17-11-18-10-16(19-17)20-9-8-14(12-20)13-4-6-15(21-2)7-5-13/h4-7,10-11,14H,3,8-9,12H2,1-2H3. The second kappa shape index (κ2) is 7.01. The van der Waals surface area contributed by atoms with Gasteiger partial charge in [-0.25, -0.2) is 4.98 Å². The van der Waals surface area contributed by atoms with Gasteiger partial charge < -0.3 is 9.64 Å². The highest BCUT2D eigenvalue weighted by Gasteiger charge is 2.25. The highest BCUT2D eigenvalue weighted by Crippen LogP contribution is 2.31. The molecule has 1 fully saturated rings. The Morgan fingerprint density at radius 1 is 1.27 bits per heavy atom. The first-order chi connectivity index (χ1) is 10.8. The highest BCUT2D eigenvalue weighted by atomic mass is 32.2. The average molecular weight is 315 g/mol. The molecule has 116 valence electrons. The van der Waals surface area contributed by atoms with E-state index in [0.29, 0.717) is 5.92 Å². The van der Waals surface area contributed by atoms with Crippen molar-refractivity contribution in [1.82, 2.24) is 9.97 Å². The normalized spacial score (nSPS) is 17.7. The Morgan fingerprint density at radius 2 is 2.09 bits per heavy atom. The number of anilines is 1. The number of hydrogen-bond acceptors (Lipinski definition) is 5. The van der Waals surface area contributed by atoms with E-state index in [4.69, 9.17) is 9.72 Å². The van der Waals surface area contributed by atoms with E-state index in [1.165, 1.54) is 5.56 Å². The van der Waals surface area contributed by atoms with Crippen LogP contribution >= 0.6 is 11.8 Å². The molecule has 1 aliphatic rings. The van der Waals surface area contributed by atoms with Crippen molar-refractivity contribution in [3.63, 3.8) is 0 Å². The summed E-state index contributed by atoms with van der Waals surface area (Å²) in [7, 11) is 1.70. The molecule has 0 bridgehead atoms. The number of benzene rings is 1. The van der Waals surface area contributed by atoms with Gasteiger partial charge in [-0.2, -0.15) is 0 Å². The van der Waals surface area contributed by atoms with Gasteiger partial charge >= 0.3 is 0 Å². The molecule has 3 rings (SSSR count). The zero-order valence-electron chi connectivity index (χ0n) is 13.0. The topological polar surface area (TPSA) is 38.2 Å². The van der Waals surface area contributed by atoms with Crippen molar-refractivity contribution in [2.24, 2.45) is 0 Å². The summed E-state index contributed by atoms with van der Waals surface area (Å²) in [5.41, 5.74) is 1.37. The third kappa shape index (κ3) is 3.35. The number of hydrogen-bond donors (Lipinski definition) is 0. The molecule has 1 aromatic heterocycles. The summed E-state index contributed by atoms with van der Waals surface area (Å²) in [6.07, 6.45) is 4.87. The largest absolute Gasteiger partial charge is 0.497 e. The van der Waals surface area contributed by atoms with Crippen molar-refractivity contribution in [3.05, 3.63) is 42.2 Å². The minimum absolute atomic E-state index is 0.551. The Hall–Kier alpha value is -1.75. The molecule has 2 heterocycles. The fourth-order valence-corrected chi connectivity index (χ4v) is 3.41. The number of rotatable bonds is 5. The van der Waals surface area contributed by atoms with Gasteiger partial charge in [-0.15, -0.1) is 11.8 Å². The maximum absolute atomic E-state index is 5.23. The smallest absolute Gasteiger partial charge is 0.148 e. The number of nitrogens with zero attached hydrogens (tertiary/aromatic N) is 3. The number of aromatic nitrogens is 2. The van der Waals surface area contributed by atoms with Crippen LogP contribution < -0.4 is 9.64 Å². The predicted molar refractivity (Wildman–Crippen MR) is 91.0 cm³/mol. The lowest BCUT2D eigenvalue weighted by atomic mass is 9.98. The summed E-state index contributed by atoms with van der Waals surface area (Å²) in [6, 6.07) is 8.41. The van der Waals surface area contributed by atoms with Crippen molar-refractivity contribution in [3.8, 4) is 5.75 Å². The van der Waals surface area contributed by atoms with E-state index in [9.17, 15) is 0 Å². The zero-order chi connectivity index (χ0) is 15.4. The molecule has 0 N–H and O–H groups in total. The van der Waals surface area contributed by atoms with E-state index in [1.54, 1.807) is 18.9 Å². The maximum Gasteiger partial charge on any atom is 0.148 e. The molecule has 1 atom stereocenters. The molecule has 1 aliphatic heterocycles. The highest BCUT2D eigenvalue weighted by molar-refractivity contribution is 7.99. The molecular formula is C17H21N3OS. The Bertz CT molecular complexity index is 618. The summed E-state index contributed by atoms with van der Waals surface area (Å²) < 4.78 is 5.23. The van der Waals surface area contributed by atoms with Crippen LogP contribution in [0, 0.1) is 0 Å². The van der Waals surface area contributed by atoms with Gasteiger partial charge in [-0.3, -0.25) is 4.98 Å². The Kier molecular flexibility index (Phi) is 4.83. The van der Waals surface area contributed by atoms with E-state index >= 15 is 0 Å². The van der Waals surface area contributed by atoms with Crippen LogP contribution in [-0.4, -0.2) is 35.9 Å². The lowest BCUT2D eigenvalue weighted by Gasteiger charge is -2.18. The van der Waals surface area contributed by atoms with Crippen molar-refractivity contribution < 1.29 is 4.74 Å².